The van der Waals surface area contributed by atoms with Crippen molar-refractivity contribution < 1.29 is 23.0 Å². The summed E-state index contributed by atoms with van der Waals surface area (Å²) in [5.41, 5.74) is 0.391. The molecule has 1 heterocycles. The number of hydrogen-bond acceptors (Lipinski definition) is 6. The van der Waals surface area contributed by atoms with Crippen LogP contribution in [0.4, 0.5) is 0 Å². The van der Waals surface area contributed by atoms with Gasteiger partial charge in [0.15, 0.2) is 11.5 Å². The van der Waals surface area contributed by atoms with Gasteiger partial charge in [0, 0.05) is 36.2 Å². The highest BCUT2D eigenvalue weighted by atomic mass is 32.2. The molecular formula is C13H19NO5S2. The summed E-state index contributed by atoms with van der Waals surface area (Å²) < 4.78 is 37.1. The van der Waals surface area contributed by atoms with Crippen molar-refractivity contribution in [3.63, 3.8) is 0 Å². The molecule has 0 saturated carbocycles. The van der Waals surface area contributed by atoms with Crippen molar-refractivity contribution in [2.75, 3.05) is 38.8 Å². The second-order valence-electron chi connectivity index (χ2n) is 4.49. The van der Waals surface area contributed by atoms with Crippen LogP contribution in [0.2, 0.25) is 0 Å². The average molecular weight is 333 g/mol. The lowest BCUT2D eigenvalue weighted by molar-refractivity contribution is 0.269. The van der Waals surface area contributed by atoms with Crippen LogP contribution in [0.25, 0.3) is 0 Å². The van der Waals surface area contributed by atoms with Gasteiger partial charge < -0.3 is 14.6 Å². The SMILES string of the molecule is COc1cc(S(=O)(=O)N2CCSCC2)cc(CO)c1OC. The highest BCUT2D eigenvalue weighted by Crippen LogP contribution is 2.35. The molecule has 1 N–H and O–H groups in total. The molecule has 0 spiro atoms. The number of ether oxygens (including phenoxy) is 2. The zero-order chi connectivity index (χ0) is 15.5. The van der Waals surface area contributed by atoms with Crippen LogP contribution in [0.15, 0.2) is 17.0 Å². The first kappa shape index (κ1) is 16.4. The third-order valence-electron chi connectivity index (χ3n) is 3.31. The van der Waals surface area contributed by atoms with E-state index in [9.17, 15) is 13.5 Å². The van der Waals surface area contributed by atoms with Crippen LogP contribution in [0.3, 0.4) is 0 Å². The van der Waals surface area contributed by atoms with Crippen molar-refractivity contribution in [2.24, 2.45) is 0 Å². The maximum Gasteiger partial charge on any atom is 0.243 e. The Morgan fingerprint density at radius 2 is 1.90 bits per heavy atom. The van der Waals surface area contributed by atoms with E-state index in [1.807, 2.05) is 0 Å². The number of benzene rings is 1. The molecule has 1 aromatic carbocycles. The van der Waals surface area contributed by atoms with E-state index in [1.54, 1.807) is 11.8 Å². The zero-order valence-electron chi connectivity index (χ0n) is 12.0. The summed E-state index contributed by atoms with van der Waals surface area (Å²) in [6, 6.07) is 2.88. The minimum absolute atomic E-state index is 0.121. The second-order valence-corrected chi connectivity index (χ2v) is 7.66. The Morgan fingerprint density at radius 1 is 1.24 bits per heavy atom. The van der Waals surface area contributed by atoms with Gasteiger partial charge in [-0.25, -0.2) is 8.42 Å². The van der Waals surface area contributed by atoms with Crippen LogP contribution in [-0.2, 0) is 16.6 Å². The average Bonchev–Trinajstić information content (AvgIpc) is 2.54. The van der Waals surface area contributed by atoms with Crippen molar-refractivity contribution >= 4 is 21.8 Å². The highest BCUT2D eigenvalue weighted by molar-refractivity contribution is 7.99. The summed E-state index contributed by atoms with van der Waals surface area (Å²) in [5, 5.41) is 9.42. The van der Waals surface area contributed by atoms with Gasteiger partial charge in [0.2, 0.25) is 10.0 Å². The maximum atomic E-state index is 12.7. The lowest BCUT2D eigenvalue weighted by Gasteiger charge is -2.26. The van der Waals surface area contributed by atoms with E-state index < -0.39 is 10.0 Å². The first-order valence-electron chi connectivity index (χ1n) is 6.48. The number of aliphatic hydroxyl groups is 1. The molecule has 8 heteroatoms. The van der Waals surface area contributed by atoms with Crippen LogP contribution in [-0.4, -0.2) is 56.6 Å². The van der Waals surface area contributed by atoms with Crippen molar-refractivity contribution in [3.8, 4) is 11.5 Å². The molecule has 0 aliphatic carbocycles. The first-order chi connectivity index (χ1) is 10.0. The van der Waals surface area contributed by atoms with E-state index in [-0.39, 0.29) is 11.5 Å². The van der Waals surface area contributed by atoms with E-state index >= 15 is 0 Å². The largest absolute Gasteiger partial charge is 0.493 e. The standard InChI is InChI=1S/C13H19NO5S2/c1-18-12-8-11(7-10(9-15)13(12)19-2)21(16,17)14-3-5-20-6-4-14/h7-8,15H,3-6,9H2,1-2H3. The van der Waals surface area contributed by atoms with Gasteiger partial charge in [0.25, 0.3) is 0 Å². The Kier molecular flexibility index (Phi) is 5.37. The molecule has 1 saturated heterocycles. The van der Waals surface area contributed by atoms with Crippen molar-refractivity contribution in [1.29, 1.82) is 0 Å². The molecule has 6 nitrogen and oxygen atoms in total. The number of methoxy groups -OCH3 is 2. The second kappa shape index (κ2) is 6.87. The molecule has 1 fully saturated rings. The van der Waals surface area contributed by atoms with E-state index in [4.69, 9.17) is 9.47 Å². The number of rotatable bonds is 5. The summed E-state index contributed by atoms with van der Waals surface area (Å²) in [4.78, 5) is 0.121. The summed E-state index contributed by atoms with van der Waals surface area (Å²) in [7, 11) is -0.690. The van der Waals surface area contributed by atoms with Crippen molar-refractivity contribution in [1.82, 2.24) is 4.31 Å². The number of aliphatic hydroxyl groups excluding tert-OH is 1. The lowest BCUT2D eigenvalue weighted by Crippen LogP contribution is -2.37. The Balaban J connectivity index is 2.47. The molecule has 21 heavy (non-hydrogen) atoms. The molecule has 2 rings (SSSR count). The molecule has 1 aliphatic heterocycles. The molecule has 118 valence electrons. The maximum absolute atomic E-state index is 12.7. The third-order valence-corrected chi connectivity index (χ3v) is 6.13. The number of sulfonamides is 1. The monoisotopic (exact) mass is 333 g/mol. The van der Waals surface area contributed by atoms with Gasteiger partial charge in [-0.2, -0.15) is 16.1 Å². The Hall–Kier alpha value is -0.960. The van der Waals surface area contributed by atoms with Crippen LogP contribution in [0.5, 0.6) is 11.5 Å². The van der Waals surface area contributed by atoms with Gasteiger partial charge in [-0.3, -0.25) is 0 Å². The minimum Gasteiger partial charge on any atom is -0.493 e. The molecule has 0 unspecified atom stereocenters. The van der Waals surface area contributed by atoms with E-state index in [1.165, 1.54) is 30.7 Å². The van der Waals surface area contributed by atoms with Crippen LogP contribution in [0.1, 0.15) is 5.56 Å². The van der Waals surface area contributed by atoms with Crippen LogP contribution < -0.4 is 9.47 Å². The Bertz CT molecular complexity index is 572. The smallest absolute Gasteiger partial charge is 0.243 e. The predicted octanol–water partition coefficient (Wildman–Crippen LogP) is 0.934. The molecular weight excluding hydrogens is 314 g/mol. The number of nitrogens with zero attached hydrogens (tertiary/aromatic N) is 1. The number of hydrogen-bond donors (Lipinski definition) is 1. The molecule has 0 radical (unpaired) electrons. The normalized spacial score (nSPS) is 16.7. The summed E-state index contributed by atoms with van der Waals surface area (Å²) >= 11 is 1.74. The van der Waals surface area contributed by atoms with Crippen LogP contribution >= 0.6 is 11.8 Å². The van der Waals surface area contributed by atoms with Gasteiger partial charge in [0.05, 0.1) is 25.7 Å². The van der Waals surface area contributed by atoms with E-state index in [0.717, 1.165) is 11.5 Å². The molecule has 0 aromatic heterocycles. The fraction of sp³-hybridized carbons (Fsp3) is 0.538. The summed E-state index contributed by atoms with van der Waals surface area (Å²) in [5.74, 6) is 2.24. The van der Waals surface area contributed by atoms with Gasteiger partial charge in [0.1, 0.15) is 0 Å². The zero-order valence-corrected chi connectivity index (χ0v) is 13.7. The van der Waals surface area contributed by atoms with Crippen molar-refractivity contribution in [2.45, 2.75) is 11.5 Å². The Labute approximate surface area is 129 Å². The molecule has 0 atom stereocenters. The molecule has 1 aliphatic rings. The first-order valence-corrected chi connectivity index (χ1v) is 9.07. The van der Waals surface area contributed by atoms with Gasteiger partial charge in [-0.15, -0.1) is 0 Å². The fourth-order valence-electron chi connectivity index (χ4n) is 2.22. The quantitative estimate of drug-likeness (QED) is 0.864. The molecule has 0 amide bonds. The van der Waals surface area contributed by atoms with Gasteiger partial charge in [-0.05, 0) is 6.07 Å². The van der Waals surface area contributed by atoms with Gasteiger partial charge in [-0.1, -0.05) is 0 Å². The molecule has 1 aromatic rings. The minimum atomic E-state index is -3.58. The van der Waals surface area contributed by atoms with E-state index in [0.29, 0.717) is 30.2 Å². The third kappa shape index (κ3) is 3.28. The van der Waals surface area contributed by atoms with Gasteiger partial charge >= 0.3 is 0 Å². The van der Waals surface area contributed by atoms with Crippen molar-refractivity contribution in [3.05, 3.63) is 17.7 Å². The molecule has 0 bridgehead atoms. The van der Waals surface area contributed by atoms with E-state index in [2.05, 4.69) is 0 Å². The topological polar surface area (TPSA) is 76.1 Å². The lowest BCUT2D eigenvalue weighted by atomic mass is 10.2. The Morgan fingerprint density at radius 3 is 2.43 bits per heavy atom. The summed E-state index contributed by atoms with van der Waals surface area (Å²) in [6.07, 6.45) is 0. The highest BCUT2D eigenvalue weighted by Gasteiger charge is 2.28. The number of thioether (sulfide) groups is 1. The predicted molar refractivity (Wildman–Crippen MR) is 81.6 cm³/mol. The van der Waals surface area contributed by atoms with Crippen LogP contribution in [0, 0.1) is 0 Å². The fourth-order valence-corrected chi connectivity index (χ4v) is 4.86. The summed E-state index contributed by atoms with van der Waals surface area (Å²) in [6.45, 7) is 0.671.